The molecular weight excluding hydrogens is 603 g/mol. The maximum Gasteiger partial charge on any atom is 0.330 e. The molecule has 41 heavy (non-hydrogen) atoms. The number of H-pyrrole nitrogens is 1. The number of halogens is 4. The minimum absolute atomic E-state index is 0.310. The van der Waals surface area contributed by atoms with E-state index in [2.05, 4.69) is 10.2 Å². The fourth-order valence-electron chi connectivity index (χ4n) is 3.60. The highest BCUT2D eigenvalue weighted by molar-refractivity contribution is 8.10. The van der Waals surface area contributed by atoms with Crippen molar-refractivity contribution >= 4 is 30.3 Å². The van der Waals surface area contributed by atoms with Crippen LogP contribution >= 0.6 is 6.57 Å². The monoisotopic (exact) mass is 636 g/mol. The number of aromatic nitrogens is 2. The van der Waals surface area contributed by atoms with E-state index in [1.54, 1.807) is 32.7 Å². The van der Waals surface area contributed by atoms with Crippen molar-refractivity contribution in [3.8, 4) is 0 Å². The highest BCUT2D eigenvalue weighted by Gasteiger charge is 2.74. The Hall–Kier alpha value is -2.21. The maximum atomic E-state index is 15.4. The molecule has 0 radical (unpaired) electrons. The van der Waals surface area contributed by atoms with Crippen molar-refractivity contribution < 1.29 is 51.0 Å². The van der Waals surface area contributed by atoms with Crippen LogP contribution in [-0.4, -0.2) is 81.5 Å². The van der Waals surface area contributed by atoms with Crippen molar-refractivity contribution in [3.05, 3.63) is 33.1 Å². The molecule has 0 bridgehead atoms. The Balaban J connectivity index is 2.46. The Morgan fingerprint density at radius 3 is 2.00 bits per heavy atom. The molecule has 13 nitrogen and oxygen atoms in total. The number of aliphatic hydroxyl groups is 1. The number of carbonyl (C=O) groups excluding carboxylic acids is 2. The third kappa shape index (κ3) is 8.00. The van der Waals surface area contributed by atoms with Gasteiger partial charge < -0.3 is 23.8 Å². The SMILES string of the molecule is CC(C)OC(=O)[C@H](C)NP(=S)(N[C@@H](C)C(=O)OC(C)C)OC[C@@]1(C(F)F)O[C@@H](n2ccc(=O)[nH]c2=O)[C@H](O)C1(F)F. The lowest BCUT2D eigenvalue weighted by Crippen LogP contribution is -2.58. The van der Waals surface area contributed by atoms with E-state index in [-0.39, 0.29) is 0 Å². The number of alkyl halides is 4. The van der Waals surface area contributed by atoms with Crippen LogP contribution in [0.2, 0.25) is 0 Å². The summed E-state index contributed by atoms with van der Waals surface area (Å²) >= 11 is 5.40. The smallest absolute Gasteiger partial charge is 0.330 e. The second kappa shape index (κ2) is 13.4. The topological polar surface area (TPSA) is 170 Å². The van der Waals surface area contributed by atoms with Gasteiger partial charge in [-0.3, -0.25) is 23.9 Å². The minimum atomic E-state index is -4.74. The molecule has 1 saturated heterocycles. The van der Waals surface area contributed by atoms with Gasteiger partial charge in [0.05, 0.1) is 18.8 Å². The van der Waals surface area contributed by atoms with Crippen molar-refractivity contribution in [1.82, 2.24) is 19.7 Å². The highest BCUT2D eigenvalue weighted by atomic mass is 32.4. The average molecular weight is 637 g/mol. The third-order valence-electron chi connectivity index (χ3n) is 5.61. The summed E-state index contributed by atoms with van der Waals surface area (Å²) in [5.41, 5.74) is -6.10. The summed E-state index contributed by atoms with van der Waals surface area (Å²) < 4.78 is 80.3. The van der Waals surface area contributed by atoms with E-state index in [0.717, 1.165) is 6.07 Å². The van der Waals surface area contributed by atoms with E-state index >= 15 is 8.78 Å². The second-order valence-electron chi connectivity index (χ2n) is 9.78. The van der Waals surface area contributed by atoms with Gasteiger partial charge in [0.25, 0.3) is 12.0 Å². The fraction of sp³-hybridized carbons (Fsp3) is 0.727. The molecule has 1 aromatic heterocycles. The second-order valence-corrected chi connectivity index (χ2v) is 13.2. The number of rotatable bonds is 13. The van der Waals surface area contributed by atoms with E-state index in [9.17, 15) is 33.1 Å². The first-order valence-corrected chi connectivity index (χ1v) is 15.0. The van der Waals surface area contributed by atoms with E-state index in [1.807, 2.05) is 0 Å². The molecular formula is C22H33F4N4O9PS. The number of aromatic amines is 1. The third-order valence-corrected chi connectivity index (χ3v) is 8.51. The summed E-state index contributed by atoms with van der Waals surface area (Å²) in [6.07, 6.45) is -9.81. The Morgan fingerprint density at radius 2 is 1.59 bits per heavy atom. The number of hydrogen-bond acceptors (Lipinski definition) is 10. The van der Waals surface area contributed by atoms with Crippen LogP contribution in [0.5, 0.6) is 0 Å². The number of aliphatic hydroxyl groups excluding tert-OH is 1. The van der Waals surface area contributed by atoms with Crippen LogP contribution in [0.1, 0.15) is 47.8 Å². The van der Waals surface area contributed by atoms with Crippen molar-refractivity contribution in [2.24, 2.45) is 0 Å². The van der Waals surface area contributed by atoms with Crippen molar-refractivity contribution in [2.75, 3.05) is 6.61 Å². The van der Waals surface area contributed by atoms with Gasteiger partial charge in [-0.2, -0.15) is 8.78 Å². The van der Waals surface area contributed by atoms with Crippen molar-refractivity contribution in [3.63, 3.8) is 0 Å². The lowest BCUT2D eigenvalue weighted by atomic mass is 9.95. The molecule has 0 aromatic carbocycles. The minimum Gasteiger partial charge on any atom is -0.462 e. The quantitative estimate of drug-likeness (QED) is 0.139. The van der Waals surface area contributed by atoms with Gasteiger partial charge in [0.15, 0.2) is 18.9 Å². The van der Waals surface area contributed by atoms with E-state index < -0.39 is 90.9 Å². The molecule has 1 aromatic rings. The number of nitrogens with one attached hydrogen (secondary N) is 3. The van der Waals surface area contributed by atoms with Gasteiger partial charge in [0.1, 0.15) is 12.1 Å². The molecule has 0 spiro atoms. The van der Waals surface area contributed by atoms with Crippen LogP contribution in [0.25, 0.3) is 0 Å². The van der Waals surface area contributed by atoms with Crippen LogP contribution in [0.3, 0.4) is 0 Å². The Labute approximate surface area is 237 Å². The molecule has 19 heteroatoms. The molecule has 234 valence electrons. The zero-order chi connectivity index (χ0) is 31.5. The zero-order valence-electron chi connectivity index (χ0n) is 22.9. The van der Waals surface area contributed by atoms with Gasteiger partial charge >= 0.3 is 23.6 Å². The number of hydrogen-bond donors (Lipinski definition) is 4. The molecule has 0 unspecified atom stereocenters. The lowest BCUT2D eigenvalue weighted by Gasteiger charge is -2.36. The van der Waals surface area contributed by atoms with E-state index in [0.29, 0.717) is 10.8 Å². The van der Waals surface area contributed by atoms with Crippen LogP contribution < -0.4 is 21.4 Å². The van der Waals surface area contributed by atoms with Gasteiger partial charge in [-0.05, 0) is 53.3 Å². The summed E-state index contributed by atoms with van der Waals surface area (Å²) in [6, 6.07) is -1.80. The summed E-state index contributed by atoms with van der Waals surface area (Å²) in [4.78, 5) is 50.0. The maximum absolute atomic E-state index is 15.4. The van der Waals surface area contributed by atoms with E-state index in [1.165, 1.54) is 13.8 Å². The van der Waals surface area contributed by atoms with Crippen LogP contribution in [0, 0.1) is 0 Å². The van der Waals surface area contributed by atoms with Gasteiger partial charge in [0.2, 0.25) is 5.60 Å². The Kier molecular flexibility index (Phi) is 11.4. The molecule has 0 aliphatic carbocycles. The molecule has 1 fully saturated rings. The Bertz CT molecular complexity index is 1230. The molecule has 2 heterocycles. The molecule has 4 N–H and O–H groups in total. The largest absolute Gasteiger partial charge is 0.462 e. The molecule has 2 rings (SSSR count). The van der Waals surface area contributed by atoms with Crippen LogP contribution in [-0.2, 0) is 40.1 Å². The normalized spacial score (nSPS) is 24.0. The summed E-state index contributed by atoms with van der Waals surface area (Å²) in [7, 11) is 0. The predicted octanol–water partition coefficient (Wildman–Crippen LogP) is 1.17. The molecule has 0 amide bonds. The first kappa shape index (κ1) is 35.0. The molecule has 5 atom stereocenters. The zero-order valence-corrected chi connectivity index (χ0v) is 24.6. The van der Waals surface area contributed by atoms with Crippen molar-refractivity contribution in [1.29, 1.82) is 0 Å². The highest BCUT2D eigenvalue weighted by Crippen LogP contribution is 2.53. The van der Waals surface area contributed by atoms with Gasteiger partial charge in [-0.15, -0.1) is 0 Å². The molecule has 1 aliphatic heterocycles. The number of esters is 2. The van der Waals surface area contributed by atoms with Gasteiger partial charge in [0, 0.05) is 12.3 Å². The predicted molar refractivity (Wildman–Crippen MR) is 139 cm³/mol. The fourth-order valence-corrected chi connectivity index (χ4v) is 6.53. The average Bonchev–Trinajstić information content (AvgIpc) is 3.03. The summed E-state index contributed by atoms with van der Waals surface area (Å²) in [5, 5.41) is 15.3. The summed E-state index contributed by atoms with van der Waals surface area (Å²) in [5.74, 6) is -6.45. The standard InChI is InChI=1S/C22H33F4N4O9PS/c1-10(2)37-17(33)12(5)28-40(41,29-13(6)18(34)38-11(3)4)36-9-21(19(23)24)22(25,26)15(32)16(39-21)30-8-7-14(31)27-20(30)35/h7-8,10-13,15-16,19,32H,9H2,1-6H3,(H,27,31,35)(H2,28,29,41)/t12-,13-,15-,16+,21-/m0/s1. The lowest BCUT2D eigenvalue weighted by molar-refractivity contribution is -0.241. The molecule has 1 aliphatic rings. The first-order valence-electron chi connectivity index (χ1n) is 12.3. The summed E-state index contributed by atoms with van der Waals surface area (Å²) in [6.45, 7) is 3.04. The van der Waals surface area contributed by atoms with E-state index in [4.69, 9.17) is 30.5 Å². The van der Waals surface area contributed by atoms with Crippen molar-refractivity contribution in [2.45, 2.75) is 96.1 Å². The molecule has 0 saturated carbocycles. The number of ether oxygens (including phenoxy) is 3. The van der Waals surface area contributed by atoms with Gasteiger partial charge in [-0.25, -0.2) is 23.7 Å². The van der Waals surface area contributed by atoms with Crippen LogP contribution in [0.4, 0.5) is 17.6 Å². The number of nitrogens with zero attached hydrogens (tertiary/aromatic N) is 1. The Morgan fingerprint density at radius 1 is 1.10 bits per heavy atom. The van der Waals surface area contributed by atoms with Gasteiger partial charge in [-0.1, -0.05) is 0 Å². The number of carbonyl (C=O) groups is 2. The first-order chi connectivity index (χ1) is 18.8. The van der Waals surface area contributed by atoms with Crippen LogP contribution in [0.15, 0.2) is 21.9 Å².